The largest absolute Gasteiger partial charge is 0.416 e. The molecule has 7 atom stereocenters. The molecule has 0 amide bonds. The molecule has 0 spiro atoms. The molecule has 0 radical (unpaired) electrons. The number of aliphatic hydroxyl groups excluding tert-OH is 1. The Morgan fingerprint density at radius 3 is 2.47 bits per heavy atom. The molecular formula is C27H35F3OS. The Morgan fingerprint density at radius 1 is 1.00 bits per heavy atom. The van der Waals surface area contributed by atoms with E-state index in [2.05, 4.69) is 19.9 Å². The highest BCUT2D eigenvalue weighted by atomic mass is 32.2. The Kier molecular flexibility index (Phi) is 5.76. The van der Waals surface area contributed by atoms with E-state index < -0.39 is 11.7 Å². The monoisotopic (exact) mass is 464 g/mol. The summed E-state index contributed by atoms with van der Waals surface area (Å²) in [6, 6.07) is 5.68. The Balaban J connectivity index is 1.28. The maximum Gasteiger partial charge on any atom is 0.416 e. The minimum absolute atomic E-state index is 0.155. The van der Waals surface area contributed by atoms with Gasteiger partial charge in [-0.3, -0.25) is 0 Å². The lowest BCUT2D eigenvalue weighted by Gasteiger charge is -2.58. The van der Waals surface area contributed by atoms with Crippen LogP contribution in [-0.2, 0) is 6.18 Å². The summed E-state index contributed by atoms with van der Waals surface area (Å²) in [6.45, 7) is 4.97. The summed E-state index contributed by atoms with van der Waals surface area (Å²) < 4.78 is 38.5. The van der Waals surface area contributed by atoms with E-state index >= 15 is 0 Å². The van der Waals surface area contributed by atoms with Crippen LogP contribution in [0.4, 0.5) is 13.2 Å². The van der Waals surface area contributed by atoms with Gasteiger partial charge in [-0.15, -0.1) is 11.8 Å². The summed E-state index contributed by atoms with van der Waals surface area (Å²) in [6.07, 6.45) is 7.23. The number of hydrogen-bond acceptors (Lipinski definition) is 2. The highest BCUT2D eigenvalue weighted by molar-refractivity contribution is 7.99. The molecule has 0 unspecified atom stereocenters. The average Bonchev–Trinajstić information content (AvgIpc) is 3.09. The maximum absolute atomic E-state index is 12.8. The second-order valence-corrected chi connectivity index (χ2v) is 12.4. The van der Waals surface area contributed by atoms with Gasteiger partial charge >= 0.3 is 6.18 Å². The zero-order chi connectivity index (χ0) is 22.7. The average molecular weight is 465 g/mol. The first kappa shape index (κ1) is 22.8. The van der Waals surface area contributed by atoms with E-state index in [0.29, 0.717) is 11.3 Å². The first-order valence-corrected chi connectivity index (χ1v) is 13.3. The fourth-order valence-corrected chi connectivity index (χ4v) is 9.23. The Bertz CT molecular complexity index is 878. The van der Waals surface area contributed by atoms with Crippen LogP contribution in [0, 0.1) is 34.5 Å². The van der Waals surface area contributed by atoms with E-state index in [9.17, 15) is 18.3 Å². The SMILES string of the molecule is C[C@]12CC[C@H]3[C@@H](CC=C4C[C@@H](O)CC[C@@]43C)[C@@H]1CC[C@@H]2CSc1ccc(C(F)(F)F)cc1. The zero-order valence-electron chi connectivity index (χ0n) is 19.1. The van der Waals surface area contributed by atoms with Crippen molar-refractivity contribution < 1.29 is 18.3 Å². The first-order valence-electron chi connectivity index (χ1n) is 12.3. The predicted molar refractivity (Wildman–Crippen MR) is 123 cm³/mol. The van der Waals surface area contributed by atoms with Crippen molar-refractivity contribution in [1.29, 1.82) is 0 Å². The zero-order valence-corrected chi connectivity index (χ0v) is 19.9. The van der Waals surface area contributed by atoms with E-state index in [1.807, 2.05) is 0 Å². The highest BCUT2D eigenvalue weighted by Gasteiger charge is 2.58. The number of thioether (sulfide) groups is 1. The molecule has 0 aromatic heterocycles. The summed E-state index contributed by atoms with van der Waals surface area (Å²) >= 11 is 1.73. The summed E-state index contributed by atoms with van der Waals surface area (Å²) in [5.41, 5.74) is 1.57. The van der Waals surface area contributed by atoms with Gasteiger partial charge in [0.15, 0.2) is 0 Å². The van der Waals surface area contributed by atoms with Crippen LogP contribution in [0.15, 0.2) is 40.8 Å². The summed E-state index contributed by atoms with van der Waals surface area (Å²) in [4.78, 5) is 0.942. The second-order valence-electron chi connectivity index (χ2n) is 11.3. The van der Waals surface area contributed by atoms with Crippen molar-refractivity contribution in [3.8, 4) is 0 Å². The molecular weight excluding hydrogens is 429 g/mol. The summed E-state index contributed by atoms with van der Waals surface area (Å²) in [5.74, 6) is 3.88. The van der Waals surface area contributed by atoms with Gasteiger partial charge in [0.25, 0.3) is 0 Å². The van der Waals surface area contributed by atoms with Crippen LogP contribution in [0.2, 0.25) is 0 Å². The molecule has 176 valence electrons. The van der Waals surface area contributed by atoms with Gasteiger partial charge < -0.3 is 5.11 Å². The van der Waals surface area contributed by atoms with Gasteiger partial charge in [-0.25, -0.2) is 0 Å². The molecule has 1 aromatic carbocycles. The molecule has 4 aliphatic carbocycles. The van der Waals surface area contributed by atoms with E-state index in [1.54, 1.807) is 23.9 Å². The number of allylic oxidation sites excluding steroid dienone is 1. The highest BCUT2D eigenvalue weighted by Crippen LogP contribution is 2.66. The predicted octanol–water partition coefficient (Wildman–Crippen LogP) is 7.74. The number of halogens is 3. The molecule has 3 saturated carbocycles. The fraction of sp³-hybridized carbons (Fsp3) is 0.704. The van der Waals surface area contributed by atoms with Crippen LogP contribution in [0.3, 0.4) is 0 Å². The van der Waals surface area contributed by atoms with Crippen LogP contribution in [0.1, 0.15) is 70.8 Å². The number of fused-ring (bicyclic) bond motifs is 5. The molecule has 5 rings (SSSR count). The summed E-state index contributed by atoms with van der Waals surface area (Å²) in [7, 11) is 0. The van der Waals surface area contributed by atoms with E-state index in [1.165, 1.54) is 49.8 Å². The minimum Gasteiger partial charge on any atom is -0.393 e. The molecule has 0 bridgehead atoms. The molecule has 0 aliphatic heterocycles. The van der Waals surface area contributed by atoms with Crippen LogP contribution >= 0.6 is 11.8 Å². The lowest BCUT2D eigenvalue weighted by molar-refractivity contribution is -0.137. The first-order chi connectivity index (χ1) is 15.1. The molecule has 4 aliphatic rings. The van der Waals surface area contributed by atoms with Gasteiger partial charge in [0.1, 0.15) is 0 Å². The smallest absolute Gasteiger partial charge is 0.393 e. The third kappa shape index (κ3) is 3.76. The van der Waals surface area contributed by atoms with Crippen LogP contribution in [0.5, 0.6) is 0 Å². The normalized spacial score (nSPS) is 41.4. The quantitative estimate of drug-likeness (QED) is 0.365. The molecule has 0 heterocycles. The van der Waals surface area contributed by atoms with Gasteiger partial charge in [0.05, 0.1) is 11.7 Å². The fourth-order valence-electron chi connectivity index (χ4n) is 7.96. The van der Waals surface area contributed by atoms with Crippen LogP contribution < -0.4 is 0 Å². The van der Waals surface area contributed by atoms with Crippen LogP contribution in [-0.4, -0.2) is 17.0 Å². The van der Waals surface area contributed by atoms with Crippen molar-refractivity contribution in [2.75, 3.05) is 5.75 Å². The Morgan fingerprint density at radius 2 is 1.75 bits per heavy atom. The van der Waals surface area contributed by atoms with Crippen molar-refractivity contribution in [2.24, 2.45) is 34.5 Å². The topological polar surface area (TPSA) is 20.2 Å². The van der Waals surface area contributed by atoms with Crippen molar-refractivity contribution in [2.45, 2.75) is 82.4 Å². The van der Waals surface area contributed by atoms with Crippen LogP contribution in [0.25, 0.3) is 0 Å². The third-order valence-corrected chi connectivity index (χ3v) is 11.1. The molecule has 1 aromatic rings. The number of benzene rings is 1. The van der Waals surface area contributed by atoms with E-state index in [4.69, 9.17) is 0 Å². The number of rotatable bonds is 3. The molecule has 1 N–H and O–H groups in total. The third-order valence-electron chi connectivity index (χ3n) is 9.91. The lowest BCUT2D eigenvalue weighted by atomic mass is 9.47. The minimum atomic E-state index is -4.27. The Labute approximate surface area is 194 Å². The Hall–Kier alpha value is -0.940. The van der Waals surface area contributed by atoms with Crippen molar-refractivity contribution in [3.63, 3.8) is 0 Å². The number of aliphatic hydroxyl groups is 1. The van der Waals surface area contributed by atoms with Crippen molar-refractivity contribution in [1.82, 2.24) is 0 Å². The van der Waals surface area contributed by atoms with Crippen molar-refractivity contribution in [3.05, 3.63) is 41.5 Å². The standard InChI is InChI=1S/C27H35F3OS/c1-25-13-11-20(31)15-18(25)5-9-22-23-10-6-19(26(23,2)14-12-24(22)25)16-32-21-7-3-17(4-8-21)27(28,29)30/h3-5,7-8,19-20,22-24,31H,6,9-16H2,1-2H3/t19-,20+,22+,23+,24+,25+,26-/m1/s1. The van der Waals surface area contributed by atoms with Gasteiger partial charge in [0.2, 0.25) is 0 Å². The molecule has 5 heteroatoms. The number of alkyl halides is 3. The van der Waals surface area contributed by atoms with Gasteiger partial charge in [-0.1, -0.05) is 25.5 Å². The van der Waals surface area contributed by atoms with Gasteiger partial charge in [-0.05, 0) is 110 Å². The van der Waals surface area contributed by atoms with Crippen molar-refractivity contribution >= 4 is 11.8 Å². The molecule has 0 saturated heterocycles. The molecule has 32 heavy (non-hydrogen) atoms. The summed E-state index contributed by atoms with van der Waals surface area (Å²) in [5, 5.41) is 10.2. The van der Waals surface area contributed by atoms with Gasteiger partial charge in [-0.2, -0.15) is 13.2 Å². The lowest BCUT2D eigenvalue weighted by Crippen LogP contribution is -2.50. The maximum atomic E-state index is 12.8. The van der Waals surface area contributed by atoms with E-state index in [-0.39, 0.29) is 11.5 Å². The van der Waals surface area contributed by atoms with E-state index in [0.717, 1.165) is 47.7 Å². The molecule has 3 fully saturated rings. The van der Waals surface area contributed by atoms with Gasteiger partial charge in [0, 0.05) is 10.6 Å². The second kappa shape index (κ2) is 8.08. The molecule has 1 nitrogen and oxygen atoms in total. The number of hydrogen-bond donors (Lipinski definition) is 1.